The van der Waals surface area contributed by atoms with Crippen LogP contribution in [0.4, 0.5) is 0 Å². The summed E-state index contributed by atoms with van der Waals surface area (Å²) in [6.45, 7) is 4.24. The number of rotatable bonds is 9. The number of amides is 3. The van der Waals surface area contributed by atoms with E-state index in [0.717, 1.165) is 19.3 Å². The van der Waals surface area contributed by atoms with Crippen molar-refractivity contribution in [3.05, 3.63) is 0 Å². The van der Waals surface area contributed by atoms with Gasteiger partial charge in [0.2, 0.25) is 17.7 Å². The molecule has 4 N–H and O–H groups in total. The first-order valence-corrected chi connectivity index (χ1v) is 8.43. The average molecular weight is 327 g/mol. The van der Waals surface area contributed by atoms with Gasteiger partial charge in [-0.25, -0.2) is 0 Å². The predicted molar refractivity (Wildman–Crippen MR) is 86.3 cm³/mol. The standard InChI is InChI=1S/C16H29N3O4/c1-3-4-5-6-14(22)19-10-9-12(20)15(19)16(23)18-11(2)7-8-13(17)21/h11-12,15,20H,3-10H2,1-2H3,(H2,17,21)(H,18,23). The third-order valence-electron chi connectivity index (χ3n) is 4.16. The predicted octanol–water partition coefficient (Wildman–Crippen LogP) is 0.299. The molecule has 1 saturated heterocycles. The summed E-state index contributed by atoms with van der Waals surface area (Å²) in [5.41, 5.74) is 5.09. The molecule has 0 aliphatic carbocycles. The summed E-state index contributed by atoms with van der Waals surface area (Å²) in [7, 11) is 0. The lowest BCUT2D eigenvalue weighted by Gasteiger charge is -2.27. The summed E-state index contributed by atoms with van der Waals surface area (Å²) in [6, 6.07) is -1.07. The number of likely N-dealkylation sites (tertiary alicyclic amines) is 1. The average Bonchev–Trinajstić information content (AvgIpc) is 2.87. The molecule has 0 aromatic rings. The number of carbonyl (C=O) groups is 3. The van der Waals surface area contributed by atoms with Crippen LogP contribution < -0.4 is 11.1 Å². The van der Waals surface area contributed by atoms with Gasteiger partial charge < -0.3 is 21.1 Å². The molecule has 1 aliphatic heterocycles. The molecule has 3 atom stereocenters. The van der Waals surface area contributed by atoms with Gasteiger partial charge in [0.1, 0.15) is 6.04 Å². The molecular formula is C16H29N3O4. The summed E-state index contributed by atoms with van der Waals surface area (Å²) >= 11 is 0. The number of aliphatic hydroxyl groups excluding tert-OH is 1. The van der Waals surface area contributed by atoms with E-state index in [9.17, 15) is 19.5 Å². The van der Waals surface area contributed by atoms with Crippen molar-refractivity contribution in [2.45, 2.75) is 77.0 Å². The lowest BCUT2D eigenvalue weighted by atomic mass is 10.1. The van der Waals surface area contributed by atoms with E-state index < -0.39 is 18.1 Å². The molecule has 3 unspecified atom stereocenters. The first-order chi connectivity index (χ1) is 10.9. The highest BCUT2D eigenvalue weighted by Crippen LogP contribution is 2.20. The van der Waals surface area contributed by atoms with E-state index in [1.807, 2.05) is 0 Å². The highest BCUT2D eigenvalue weighted by atomic mass is 16.3. The lowest BCUT2D eigenvalue weighted by Crippen LogP contribution is -2.52. The van der Waals surface area contributed by atoms with Crippen LogP contribution in [-0.2, 0) is 14.4 Å². The van der Waals surface area contributed by atoms with Gasteiger partial charge in [0.25, 0.3) is 0 Å². The highest BCUT2D eigenvalue weighted by Gasteiger charge is 2.40. The van der Waals surface area contributed by atoms with Crippen LogP contribution in [0.5, 0.6) is 0 Å². The van der Waals surface area contributed by atoms with Crippen LogP contribution in [0.3, 0.4) is 0 Å². The van der Waals surface area contributed by atoms with E-state index in [2.05, 4.69) is 12.2 Å². The molecule has 0 saturated carbocycles. The lowest BCUT2D eigenvalue weighted by molar-refractivity contribution is -0.141. The summed E-state index contributed by atoms with van der Waals surface area (Å²) in [5, 5.41) is 12.8. The minimum absolute atomic E-state index is 0.0834. The number of hydrogen-bond acceptors (Lipinski definition) is 4. The van der Waals surface area contributed by atoms with Crippen LogP contribution in [0, 0.1) is 0 Å². The fourth-order valence-electron chi connectivity index (χ4n) is 2.80. The largest absolute Gasteiger partial charge is 0.390 e. The Balaban J connectivity index is 2.57. The Morgan fingerprint density at radius 2 is 2.00 bits per heavy atom. The first kappa shape index (κ1) is 19.4. The SMILES string of the molecule is CCCCCC(=O)N1CCC(O)C1C(=O)NC(C)CCC(N)=O. The maximum Gasteiger partial charge on any atom is 0.245 e. The minimum Gasteiger partial charge on any atom is -0.390 e. The molecule has 7 heteroatoms. The Morgan fingerprint density at radius 3 is 2.61 bits per heavy atom. The van der Waals surface area contributed by atoms with Gasteiger partial charge in [-0.05, 0) is 26.2 Å². The molecular weight excluding hydrogens is 298 g/mol. The molecule has 23 heavy (non-hydrogen) atoms. The fourth-order valence-corrected chi connectivity index (χ4v) is 2.80. The molecule has 132 valence electrons. The molecule has 3 amide bonds. The maximum absolute atomic E-state index is 12.4. The molecule has 0 bridgehead atoms. The third-order valence-corrected chi connectivity index (χ3v) is 4.16. The number of nitrogens with two attached hydrogens (primary N) is 1. The second-order valence-corrected chi connectivity index (χ2v) is 6.26. The molecule has 0 spiro atoms. The van der Waals surface area contributed by atoms with Crippen molar-refractivity contribution < 1.29 is 19.5 Å². The molecule has 1 fully saturated rings. The molecule has 7 nitrogen and oxygen atoms in total. The van der Waals surface area contributed by atoms with Crippen LogP contribution in [0.1, 0.15) is 58.8 Å². The van der Waals surface area contributed by atoms with Crippen LogP contribution in [0.25, 0.3) is 0 Å². The van der Waals surface area contributed by atoms with Crippen molar-refractivity contribution >= 4 is 17.7 Å². The number of unbranched alkanes of at least 4 members (excludes halogenated alkanes) is 2. The second kappa shape index (κ2) is 9.50. The van der Waals surface area contributed by atoms with Gasteiger partial charge in [0, 0.05) is 25.4 Å². The van der Waals surface area contributed by atoms with Gasteiger partial charge in [-0.2, -0.15) is 0 Å². The first-order valence-electron chi connectivity index (χ1n) is 8.43. The van der Waals surface area contributed by atoms with Gasteiger partial charge in [-0.1, -0.05) is 19.8 Å². The monoisotopic (exact) mass is 327 g/mol. The fraction of sp³-hybridized carbons (Fsp3) is 0.812. The molecule has 0 aromatic carbocycles. The Kier molecular flexibility index (Phi) is 8.02. The van der Waals surface area contributed by atoms with Crippen LogP contribution in [-0.4, -0.2) is 52.5 Å². The van der Waals surface area contributed by atoms with E-state index in [1.165, 1.54) is 4.90 Å². The Hall–Kier alpha value is -1.63. The molecule has 1 rings (SSSR count). The quantitative estimate of drug-likeness (QED) is 0.529. The molecule has 0 radical (unpaired) electrons. The summed E-state index contributed by atoms with van der Waals surface area (Å²) in [5.74, 6) is -0.865. The zero-order valence-corrected chi connectivity index (χ0v) is 14.1. The smallest absolute Gasteiger partial charge is 0.245 e. The molecule has 0 aromatic heterocycles. The van der Waals surface area contributed by atoms with E-state index in [0.29, 0.717) is 25.8 Å². The van der Waals surface area contributed by atoms with Crippen molar-refractivity contribution in [1.82, 2.24) is 10.2 Å². The van der Waals surface area contributed by atoms with Crippen LogP contribution in [0.15, 0.2) is 0 Å². The normalized spacial score (nSPS) is 22.0. The van der Waals surface area contributed by atoms with E-state index in [-0.39, 0.29) is 24.3 Å². The zero-order chi connectivity index (χ0) is 17.4. The number of nitrogens with zero attached hydrogens (tertiary/aromatic N) is 1. The molecule has 1 heterocycles. The topological polar surface area (TPSA) is 113 Å². The minimum atomic E-state index is -0.839. The number of carbonyl (C=O) groups excluding carboxylic acids is 3. The van der Waals surface area contributed by atoms with Crippen LogP contribution in [0.2, 0.25) is 0 Å². The van der Waals surface area contributed by atoms with E-state index >= 15 is 0 Å². The van der Waals surface area contributed by atoms with Crippen molar-refractivity contribution in [2.24, 2.45) is 5.73 Å². The number of hydrogen-bond donors (Lipinski definition) is 3. The van der Waals surface area contributed by atoms with Crippen LogP contribution >= 0.6 is 0 Å². The Labute approximate surface area is 137 Å². The summed E-state index contributed by atoms with van der Waals surface area (Å²) in [6.07, 6.45) is 3.40. The van der Waals surface area contributed by atoms with Gasteiger partial charge >= 0.3 is 0 Å². The number of nitrogens with one attached hydrogen (secondary N) is 1. The van der Waals surface area contributed by atoms with E-state index in [1.54, 1.807) is 6.92 Å². The maximum atomic E-state index is 12.4. The van der Waals surface area contributed by atoms with Gasteiger partial charge in [0.05, 0.1) is 6.10 Å². The summed E-state index contributed by atoms with van der Waals surface area (Å²) < 4.78 is 0. The Bertz CT molecular complexity index is 428. The van der Waals surface area contributed by atoms with Crippen molar-refractivity contribution in [3.63, 3.8) is 0 Å². The number of primary amides is 1. The van der Waals surface area contributed by atoms with Crippen molar-refractivity contribution in [1.29, 1.82) is 0 Å². The summed E-state index contributed by atoms with van der Waals surface area (Å²) in [4.78, 5) is 36.9. The van der Waals surface area contributed by atoms with Gasteiger partial charge in [0.15, 0.2) is 0 Å². The van der Waals surface area contributed by atoms with Gasteiger partial charge in [-0.3, -0.25) is 14.4 Å². The highest BCUT2D eigenvalue weighted by molar-refractivity contribution is 5.89. The van der Waals surface area contributed by atoms with Crippen molar-refractivity contribution in [2.75, 3.05) is 6.54 Å². The zero-order valence-electron chi connectivity index (χ0n) is 14.1. The third kappa shape index (κ3) is 6.17. The number of aliphatic hydroxyl groups is 1. The van der Waals surface area contributed by atoms with E-state index in [4.69, 9.17) is 5.73 Å². The Morgan fingerprint density at radius 1 is 1.30 bits per heavy atom. The second-order valence-electron chi connectivity index (χ2n) is 6.26. The van der Waals surface area contributed by atoms with Gasteiger partial charge in [-0.15, -0.1) is 0 Å². The molecule has 1 aliphatic rings. The van der Waals surface area contributed by atoms with Crippen molar-refractivity contribution in [3.8, 4) is 0 Å².